The molecule has 0 aromatic rings. The molecule has 0 amide bonds. The standard InChI is InChI=1S/C10H16O3/c11-3-5-1-6-4-13-10-8(12)2-7(5)9(6)10/h5-12H,1-4H2/t5-,6+,7+,8-,9-,10+/m1/s1. The summed E-state index contributed by atoms with van der Waals surface area (Å²) in [5.41, 5.74) is 0. The number of aliphatic hydroxyl groups is 2. The normalized spacial score (nSPS) is 58.6. The van der Waals surface area contributed by atoms with Gasteiger partial charge in [-0.1, -0.05) is 0 Å². The highest BCUT2D eigenvalue weighted by Crippen LogP contribution is 2.55. The first-order chi connectivity index (χ1) is 6.31. The quantitative estimate of drug-likeness (QED) is 0.603. The molecule has 3 fully saturated rings. The summed E-state index contributed by atoms with van der Waals surface area (Å²) in [6.45, 7) is 1.09. The van der Waals surface area contributed by atoms with Crippen LogP contribution in [0.3, 0.4) is 0 Å². The summed E-state index contributed by atoms with van der Waals surface area (Å²) in [7, 11) is 0. The van der Waals surface area contributed by atoms with E-state index in [1.807, 2.05) is 0 Å². The van der Waals surface area contributed by atoms with Crippen molar-refractivity contribution < 1.29 is 14.9 Å². The number of hydrogen-bond donors (Lipinski definition) is 2. The molecule has 0 unspecified atom stereocenters. The van der Waals surface area contributed by atoms with Crippen molar-refractivity contribution in [2.45, 2.75) is 25.0 Å². The smallest absolute Gasteiger partial charge is 0.0868 e. The van der Waals surface area contributed by atoms with E-state index >= 15 is 0 Å². The fourth-order valence-corrected chi connectivity index (χ4v) is 3.76. The van der Waals surface area contributed by atoms with Crippen LogP contribution < -0.4 is 0 Å². The van der Waals surface area contributed by atoms with Gasteiger partial charge in [0.25, 0.3) is 0 Å². The van der Waals surface area contributed by atoms with Gasteiger partial charge in [0.2, 0.25) is 0 Å². The van der Waals surface area contributed by atoms with Crippen LogP contribution in [-0.4, -0.2) is 35.6 Å². The summed E-state index contributed by atoms with van der Waals surface area (Å²) in [4.78, 5) is 0. The molecule has 1 saturated heterocycles. The van der Waals surface area contributed by atoms with Crippen LogP contribution in [0.1, 0.15) is 12.8 Å². The summed E-state index contributed by atoms with van der Waals surface area (Å²) >= 11 is 0. The molecule has 13 heavy (non-hydrogen) atoms. The molecule has 0 bridgehead atoms. The molecule has 74 valence electrons. The van der Waals surface area contributed by atoms with Crippen molar-refractivity contribution in [3.05, 3.63) is 0 Å². The van der Waals surface area contributed by atoms with E-state index in [0.717, 1.165) is 19.4 Å². The minimum atomic E-state index is -0.269. The molecule has 3 nitrogen and oxygen atoms in total. The van der Waals surface area contributed by atoms with Crippen molar-refractivity contribution in [2.75, 3.05) is 13.2 Å². The topological polar surface area (TPSA) is 49.7 Å². The van der Waals surface area contributed by atoms with Crippen LogP contribution in [0.2, 0.25) is 0 Å². The second kappa shape index (κ2) is 2.69. The lowest BCUT2D eigenvalue weighted by molar-refractivity contribution is 0.00581. The molecule has 3 rings (SSSR count). The van der Waals surface area contributed by atoms with Crippen LogP contribution in [0.15, 0.2) is 0 Å². The van der Waals surface area contributed by atoms with E-state index in [0.29, 0.717) is 23.7 Å². The van der Waals surface area contributed by atoms with Crippen molar-refractivity contribution in [2.24, 2.45) is 23.7 Å². The molecule has 1 aliphatic heterocycles. The lowest BCUT2D eigenvalue weighted by Crippen LogP contribution is -2.23. The Hall–Kier alpha value is -0.120. The first-order valence-electron chi connectivity index (χ1n) is 5.21. The molecule has 2 N–H and O–H groups in total. The van der Waals surface area contributed by atoms with E-state index in [-0.39, 0.29) is 18.8 Å². The van der Waals surface area contributed by atoms with E-state index in [1.165, 1.54) is 0 Å². The zero-order valence-corrected chi connectivity index (χ0v) is 7.60. The van der Waals surface area contributed by atoms with Gasteiger partial charge in [0.1, 0.15) is 0 Å². The van der Waals surface area contributed by atoms with E-state index in [2.05, 4.69) is 0 Å². The lowest BCUT2D eigenvalue weighted by Gasteiger charge is -2.15. The molecule has 0 spiro atoms. The van der Waals surface area contributed by atoms with Gasteiger partial charge in [-0.25, -0.2) is 0 Å². The molecule has 0 aromatic heterocycles. The van der Waals surface area contributed by atoms with E-state index in [1.54, 1.807) is 0 Å². The van der Waals surface area contributed by atoms with Gasteiger partial charge in [-0.3, -0.25) is 0 Å². The minimum absolute atomic E-state index is 0.0894. The molecular formula is C10H16O3. The Bertz CT molecular complexity index is 218. The highest BCUT2D eigenvalue weighted by Gasteiger charge is 2.57. The molecule has 2 saturated carbocycles. The van der Waals surface area contributed by atoms with Crippen LogP contribution in [0.4, 0.5) is 0 Å². The maximum absolute atomic E-state index is 9.73. The summed E-state index contributed by atoms with van der Waals surface area (Å²) < 4.78 is 5.58. The molecule has 6 atom stereocenters. The summed E-state index contributed by atoms with van der Waals surface area (Å²) in [6, 6.07) is 0. The lowest BCUT2D eigenvalue weighted by atomic mass is 9.91. The average molecular weight is 184 g/mol. The number of hydrogen-bond acceptors (Lipinski definition) is 3. The molecule has 0 radical (unpaired) electrons. The van der Waals surface area contributed by atoms with Gasteiger partial charge >= 0.3 is 0 Å². The van der Waals surface area contributed by atoms with Crippen molar-refractivity contribution in [1.82, 2.24) is 0 Å². The molecule has 1 heterocycles. The fourth-order valence-electron chi connectivity index (χ4n) is 3.76. The molecular weight excluding hydrogens is 168 g/mol. The van der Waals surface area contributed by atoms with Crippen LogP contribution in [0, 0.1) is 23.7 Å². The minimum Gasteiger partial charge on any atom is -0.396 e. The molecule has 2 aliphatic carbocycles. The van der Waals surface area contributed by atoms with E-state index in [9.17, 15) is 10.2 Å². The second-order valence-electron chi connectivity index (χ2n) is 4.78. The fraction of sp³-hybridized carbons (Fsp3) is 1.00. The number of ether oxygens (including phenoxy) is 1. The largest absolute Gasteiger partial charge is 0.396 e. The monoisotopic (exact) mass is 184 g/mol. The van der Waals surface area contributed by atoms with Crippen molar-refractivity contribution >= 4 is 0 Å². The maximum atomic E-state index is 9.73. The van der Waals surface area contributed by atoms with Gasteiger partial charge in [0.05, 0.1) is 18.8 Å². The Morgan fingerprint density at radius 2 is 2.15 bits per heavy atom. The Labute approximate surface area is 77.7 Å². The number of aliphatic hydroxyl groups excluding tert-OH is 2. The maximum Gasteiger partial charge on any atom is 0.0868 e. The molecule has 3 aliphatic rings. The van der Waals surface area contributed by atoms with Crippen molar-refractivity contribution in [1.29, 1.82) is 0 Å². The van der Waals surface area contributed by atoms with Gasteiger partial charge in [0.15, 0.2) is 0 Å². The Kier molecular flexibility index (Phi) is 1.70. The highest BCUT2D eigenvalue weighted by molar-refractivity contribution is 5.05. The zero-order chi connectivity index (χ0) is 9.00. The van der Waals surface area contributed by atoms with Crippen molar-refractivity contribution in [3.8, 4) is 0 Å². The van der Waals surface area contributed by atoms with E-state index in [4.69, 9.17) is 4.74 Å². The SMILES string of the molecule is OC[C@H]1C[C@H]2CO[C@@H]3[C@H]2[C@H]1C[C@H]3O. The van der Waals surface area contributed by atoms with Crippen molar-refractivity contribution in [3.63, 3.8) is 0 Å². The van der Waals surface area contributed by atoms with Gasteiger partial charge in [-0.05, 0) is 36.5 Å². The van der Waals surface area contributed by atoms with Crippen LogP contribution in [-0.2, 0) is 4.74 Å². The van der Waals surface area contributed by atoms with Gasteiger partial charge in [0, 0.05) is 6.61 Å². The van der Waals surface area contributed by atoms with E-state index < -0.39 is 0 Å². The highest BCUT2D eigenvalue weighted by atomic mass is 16.5. The van der Waals surface area contributed by atoms with Gasteiger partial charge in [-0.2, -0.15) is 0 Å². The third-order valence-corrected chi connectivity index (χ3v) is 4.26. The Morgan fingerprint density at radius 3 is 2.92 bits per heavy atom. The average Bonchev–Trinajstić information content (AvgIpc) is 2.70. The van der Waals surface area contributed by atoms with Crippen LogP contribution >= 0.6 is 0 Å². The molecule has 0 aromatic carbocycles. The predicted molar refractivity (Wildman–Crippen MR) is 46.0 cm³/mol. The zero-order valence-electron chi connectivity index (χ0n) is 7.60. The predicted octanol–water partition coefficient (Wildman–Crippen LogP) is 0.0106. The summed E-state index contributed by atoms with van der Waals surface area (Å²) in [6.07, 6.45) is 1.77. The summed E-state index contributed by atoms with van der Waals surface area (Å²) in [5, 5.41) is 18.9. The third-order valence-electron chi connectivity index (χ3n) is 4.26. The van der Waals surface area contributed by atoms with Crippen LogP contribution in [0.25, 0.3) is 0 Å². The van der Waals surface area contributed by atoms with Gasteiger partial charge in [-0.15, -0.1) is 0 Å². The molecule has 3 heteroatoms. The summed E-state index contributed by atoms with van der Waals surface area (Å²) in [5.74, 6) is 2.12. The first kappa shape index (κ1) is 8.21. The Morgan fingerprint density at radius 1 is 1.31 bits per heavy atom. The first-order valence-corrected chi connectivity index (χ1v) is 5.21. The Balaban J connectivity index is 1.88. The van der Waals surface area contributed by atoms with Gasteiger partial charge < -0.3 is 14.9 Å². The third kappa shape index (κ3) is 0.953. The number of rotatable bonds is 1. The van der Waals surface area contributed by atoms with Crippen LogP contribution in [0.5, 0.6) is 0 Å². The second-order valence-corrected chi connectivity index (χ2v) is 4.78.